The number of benzene rings is 13. The molecule has 0 aliphatic heterocycles. The van der Waals surface area contributed by atoms with Gasteiger partial charge in [-0.15, -0.1) is 0 Å². The molecule has 0 spiro atoms. The van der Waals surface area contributed by atoms with Crippen LogP contribution in [0, 0.1) is 0 Å². The number of fused-ring (bicyclic) bond motifs is 12. The van der Waals surface area contributed by atoms with Gasteiger partial charge in [-0.3, -0.25) is 4.57 Å². The van der Waals surface area contributed by atoms with Gasteiger partial charge in [-0.05, 0) is 92.8 Å². The van der Waals surface area contributed by atoms with E-state index in [4.69, 9.17) is 35.8 Å². The molecule has 8 heteroatoms. The lowest BCUT2D eigenvalue weighted by Gasteiger charge is -2.35. The minimum Gasteiger partial charge on any atom is -0.455 e. The zero-order valence-corrected chi connectivity index (χ0v) is 45.9. The standard InChI is InChI=1S/C81H52N6OSi/c1-2-27-56(28-3-1)89(57-29-20-24-53(50-57)60-40-23-41-68-67-38-11-19-49-77(67)88-78(60)68,59-31-22-26-55(52-59)85-70-42-12-4-32-61(70)62-33-5-13-43-71(62)85)58-30-21-25-54(51-58)79-82-80(84-81(83-79)87-74-46-16-8-36-65(74)66-37-9-17-47-75(66)87)69-39-10-18-48-76(69)86-72-44-14-6-34-63(72)64-35-7-15-45-73(64)86/h1-52H/i1D,2D,3D,4D,5D,6D,7D,8D,9D,10D,12D,13D,14D,15D,16D,17D,18D,20D,21D,24D,25D,27D,28D,29D,30D,32D,33D,34D,35D,36D,37D,39D,42D,43D,44D,45D,46D,47D,48D,50D,51D. The average molecular weight is 1190 g/mol. The number of hydrogen-bond acceptors (Lipinski definition) is 4. The molecule has 0 saturated carbocycles. The third-order valence-electron chi connectivity index (χ3n) is 15.3. The molecule has 18 aromatic rings. The fraction of sp³-hybridized carbons (Fsp3) is 0. The van der Waals surface area contributed by atoms with Gasteiger partial charge in [0.2, 0.25) is 5.95 Å². The van der Waals surface area contributed by atoms with Gasteiger partial charge < -0.3 is 13.6 Å². The summed E-state index contributed by atoms with van der Waals surface area (Å²) in [5.41, 5.74) is -9.01. The molecule has 0 radical (unpaired) electrons. The lowest BCUT2D eigenvalue weighted by molar-refractivity contribution is 0.670. The Kier molecular flexibility index (Phi) is 5.58. The summed E-state index contributed by atoms with van der Waals surface area (Å²) in [6.07, 6.45) is 0. The monoisotopic (exact) mass is 1190 g/mol. The van der Waals surface area contributed by atoms with Gasteiger partial charge >= 0.3 is 0 Å². The lowest BCUT2D eigenvalue weighted by atomic mass is 10.0. The van der Waals surface area contributed by atoms with Crippen LogP contribution >= 0.6 is 0 Å². The first-order chi connectivity index (χ1) is 61.2. The van der Waals surface area contributed by atoms with E-state index in [-0.39, 0.29) is 16.7 Å². The molecule has 0 fully saturated rings. The predicted octanol–water partition coefficient (Wildman–Crippen LogP) is 17.4. The second-order valence-electron chi connectivity index (χ2n) is 19.9. The molecular formula is C81H52N6OSi. The minimum atomic E-state index is -6.66. The highest BCUT2D eigenvalue weighted by molar-refractivity contribution is 7.20. The zero-order chi connectivity index (χ0) is 94.3. The van der Waals surface area contributed by atoms with Crippen molar-refractivity contribution in [3.8, 4) is 51.2 Å². The topological polar surface area (TPSA) is 66.6 Å². The summed E-state index contributed by atoms with van der Waals surface area (Å²) in [6.45, 7) is 0. The molecule has 5 aromatic heterocycles. The first-order valence-corrected chi connectivity index (χ1v) is 28.9. The molecule has 0 bridgehead atoms. The molecule has 1 atom stereocenters. The summed E-state index contributed by atoms with van der Waals surface area (Å²) >= 11 is 0. The van der Waals surface area contributed by atoms with Crippen molar-refractivity contribution in [2.45, 2.75) is 0 Å². The van der Waals surface area contributed by atoms with E-state index < -0.39 is 388 Å². The van der Waals surface area contributed by atoms with E-state index in [1.54, 1.807) is 30.3 Å². The SMILES string of the molecule is [2H]c1c([2H])c([2H])c([Si](c2cccc(-n3c4c([2H])c([2H])c([2H])c([2H])c4c4c([2H])c([2H])c([2H])c([2H])c43)c2)(c2c([2H])c([2H])c([2H])c(-c3nc(-c4c([2H])c([2H])c([2H])c([2H])c4-n4c5c([2H])c([2H])c([2H])c([2H])c5c5c([2H])c([2H])c([2H])c([2H])c54)nc(-n4c5c([2H])c([2H])c([2H])c([2H])c5c5c([2H])c([2H])c([2H])c([2H])c54)n3)c2[2H])c2c([2H])c([2H])c([2H])c(-c3cccc4c3oc3ccccc34)c2[2H])c([2H])c1[2H]. The molecular weight excluding hydrogens is 1100 g/mol. The summed E-state index contributed by atoms with van der Waals surface area (Å²) < 4.78 is 404. The molecule has 416 valence electrons. The molecule has 18 rings (SSSR count). The van der Waals surface area contributed by atoms with E-state index in [1.807, 2.05) is 0 Å². The highest BCUT2D eigenvalue weighted by Gasteiger charge is 2.42. The highest BCUT2D eigenvalue weighted by Crippen LogP contribution is 2.40. The van der Waals surface area contributed by atoms with E-state index in [2.05, 4.69) is 0 Å². The van der Waals surface area contributed by atoms with Crippen LogP contribution in [-0.4, -0.2) is 36.7 Å². The number of para-hydroxylation sites is 9. The summed E-state index contributed by atoms with van der Waals surface area (Å²) in [5.74, 6) is -3.77. The Morgan fingerprint density at radius 1 is 0.326 bits per heavy atom. The molecule has 13 aromatic carbocycles. The Hall–Kier alpha value is -11.7. The summed E-state index contributed by atoms with van der Waals surface area (Å²) in [7, 11) is -6.66. The molecule has 0 saturated heterocycles. The zero-order valence-electron chi connectivity index (χ0n) is 85.9. The van der Waals surface area contributed by atoms with E-state index in [0.29, 0.717) is 19.9 Å². The molecule has 0 amide bonds. The number of hydrogen-bond donors (Lipinski definition) is 0. The second-order valence-corrected chi connectivity index (χ2v) is 23.5. The maximum Gasteiger partial charge on any atom is 0.238 e. The minimum absolute atomic E-state index is 0.0859. The van der Waals surface area contributed by atoms with E-state index in [1.165, 1.54) is 18.2 Å². The number of furan rings is 1. The van der Waals surface area contributed by atoms with Gasteiger partial charge in [-0.25, -0.2) is 4.98 Å². The van der Waals surface area contributed by atoms with Gasteiger partial charge in [-0.2, -0.15) is 9.97 Å². The van der Waals surface area contributed by atoms with E-state index in [0.717, 1.165) is 22.8 Å². The molecule has 1 unspecified atom stereocenters. The van der Waals surface area contributed by atoms with E-state index in [9.17, 15) is 39.8 Å². The van der Waals surface area contributed by atoms with Gasteiger partial charge in [0.15, 0.2) is 19.7 Å². The van der Waals surface area contributed by atoms with Gasteiger partial charge in [-0.1, -0.05) is 248 Å². The third-order valence-corrected chi connectivity index (χ3v) is 19.5. The van der Waals surface area contributed by atoms with Gasteiger partial charge in [0.05, 0.1) is 95.0 Å². The van der Waals surface area contributed by atoms with Crippen molar-refractivity contribution in [3.63, 3.8) is 0 Å². The van der Waals surface area contributed by atoms with Crippen LogP contribution < -0.4 is 20.7 Å². The largest absolute Gasteiger partial charge is 0.455 e. The van der Waals surface area contributed by atoms with Crippen LogP contribution in [0.5, 0.6) is 0 Å². The average Bonchev–Trinajstić information content (AvgIpc) is 0.881. The van der Waals surface area contributed by atoms with Crippen LogP contribution in [0.3, 0.4) is 0 Å². The van der Waals surface area contributed by atoms with Crippen LogP contribution in [0.4, 0.5) is 0 Å². The van der Waals surface area contributed by atoms with Crippen molar-refractivity contribution < 1.29 is 60.6 Å². The summed E-state index contributed by atoms with van der Waals surface area (Å²) in [5, 5.41) is -6.89. The Labute approximate surface area is 570 Å². The third kappa shape index (κ3) is 7.80. The molecule has 5 heterocycles. The molecule has 7 nitrogen and oxygen atoms in total. The Morgan fingerprint density at radius 2 is 0.809 bits per heavy atom. The predicted molar refractivity (Wildman–Crippen MR) is 370 cm³/mol. The quantitative estimate of drug-likeness (QED) is 0.101. The maximum absolute atomic E-state index is 11.4. The van der Waals surface area contributed by atoms with Gasteiger partial charge in [0, 0.05) is 65.5 Å². The fourth-order valence-electron chi connectivity index (χ4n) is 11.6. The fourth-order valence-corrected chi connectivity index (χ4v) is 15.6. The normalized spacial score (nSPS) is 19.0. The maximum atomic E-state index is 11.4. The number of aromatic nitrogens is 6. The van der Waals surface area contributed by atoms with Crippen molar-refractivity contribution in [2.24, 2.45) is 0 Å². The van der Waals surface area contributed by atoms with Crippen LogP contribution in [0.25, 0.3) is 139 Å². The van der Waals surface area contributed by atoms with E-state index >= 15 is 0 Å². The van der Waals surface area contributed by atoms with Crippen molar-refractivity contribution >= 4 is 116 Å². The summed E-state index contributed by atoms with van der Waals surface area (Å²) in [6, 6.07) is -29.1. The Morgan fingerprint density at radius 3 is 1.44 bits per heavy atom. The second kappa shape index (κ2) is 20.2. The molecule has 0 aliphatic rings. The van der Waals surface area contributed by atoms with Gasteiger partial charge in [0.1, 0.15) is 11.2 Å². The van der Waals surface area contributed by atoms with Crippen molar-refractivity contribution in [1.82, 2.24) is 28.7 Å². The number of rotatable bonds is 10. The van der Waals surface area contributed by atoms with Crippen LogP contribution in [0.15, 0.2) is 319 Å². The first kappa shape index (κ1) is 24.6. The molecule has 89 heavy (non-hydrogen) atoms. The number of nitrogens with zero attached hydrogens (tertiary/aromatic N) is 6. The molecule has 0 aliphatic carbocycles. The Bertz CT molecular complexity index is 8150. The smallest absolute Gasteiger partial charge is 0.238 e. The first-order valence-electron chi connectivity index (χ1n) is 47.4. The van der Waals surface area contributed by atoms with Gasteiger partial charge in [0.25, 0.3) is 0 Å². The summed E-state index contributed by atoms with van der Waals surface area (Å²) in [4.78, 5) is 14.3. The highest BCUT2D eigenvalue weighted by atomic mass is 28.3. The van der Waals surface area contributed by atoms with Crippen molar-refractivity contribution in [2.75, 3.05) is 0 Å². The van der Waals surface area contributed by atoms with Crippen molar-refractivity contribution in [1.29, 1.82) is 0 Å². The van der Waals surface area contributed by atoms with Crippen molar-refractivity contribution in [3.05, 3.63) is 314 Å². The van der Waals surface area contributed by atoms with Crippen LogP contribution in [0.1, 0.15) is 56.2 Å². The molecule has 0 N–H and O–H groups in total. The van der Waals surface area contributed by atoms with Crippen LogP contribution in [0.2, 0.25) is 0 Å². The lowest BCUT2D eigenvalue weighted by Crippen LogP contribution is -2.74. The van der Waals surface area contributed by atoms with Crippen LogP contribution in [-0.2, 0) is 0 Å². The Balaban J connectivity index is 1.10.